The monoisotopic (exact) mass is 877 g/mol. The molecule has 6 heteroatoms. The maximum Gasteiger partial charge on any atom is 0.306 e. The van der Waals surface area contributed by atoms with E-state index in [1.807, 2.05) is 0 Å². The van der Waals surface area contributed by atoms with Crippen LogP contribution >= 0.6 is 0 Å². The Hall–Kier alpha value is -1.59. The third-order valence-electron chi connectivity index (χ3n) is 13.4. The molecule has 3 atom stereocenters. The molecule has 0 aromatic carbocycles. The first-order valence-electron chi connectivity index (χ1n) is 27.7. The van der Waals surface area contributed by atoms with Crippen molar-refractivity contribution in [1.29, 1.82) is 0 Å². The summed E-state index contributed by atoms with van der Waals surface area (Å²) in [5.74, 6) is 1.72. The Bertz CT molecular complexity index is 964. The van der Waals surface area contributed by atoms with E-state index in [1.165, 1.54) is 186 Å². The van der Waals surface area contributed by atoms with Gasteiger partial charge in [0.1, 0.15) is 13.2 Å². The lowest BCUT2D eigenvalue weighted by Crippen LogP contribution is -2.30. The summed E-state index contributed by atoms with van der Waals surface area (Å²) in [6.45, 7) is 13.8. The minimum absolute atomic E-state index is 0.0645. The van der Waals surface area contributed by atoms with Crippen LogP contribution in [0.4, 0.5) is 0 Å². The first kappa shape index (κ1) is 60.4. The van der Waals surface area contributed by atoms with Crippen molar-refractivity contribution in [1.82, 2.24) is 0 Å². The van der Waals surface area contributed by atoms with Gasteiger partial charge in [0.05, 0.1) is 0 Å². The van der Waals surface area contributed by atoms with Gasteiger partial charge in [0.2, 0.25) is 0 Å². The lowest BCUT2D eigenvalue weighted by atomic mass is 9.99. The van der Waals surface area contributed by atoms with Gasteiger partial charge in [-0.25, -0.2) is 0 Å². The minimum atomic E-state index is -0.763. The van der Waals surface area contributed by atoms with Crippen molar-refractivity contribution in [3.63, 3.8) is 0 Å². The molecule has 0 bridgehead atoms. The average molecular weight is 877 g/mol. The Morgan fingerprint density at radius 2 is 0.565 bits per heavy atom. The van der Waals surface area contributed by atoms with E-state index in [0.717, 1.165) is 75.5 Å². The van der Waals surface area contributed by atoms with Gasteiger partial charge in [-0.3, -0.25) is 14.4 Å². The van der Waals surface area contributed by atoms with E-state index in [9.17, 15) is 14.4 Å². The Morgan fingerprint density at radius 1 is 0.323 bits per heavy atom. The van der Waals surface area contributed by atoms with Crippen LogP contribution in [0.15, 0.2) is 0 Å². The zero-order valence-electron chi connectivity index (χ0n) is 42.7. The summed E-state index contributed by atoms with van der Waals surface area (Å²) in [5, 5.41) is 0. The summed E-state index contributed by atoms with van der Waals surface area (Å²) < 4.78 is 16.9. The van der Waals surface area contributed by atoms with E-state index in [2.05, 4.69) is 41.5 Å². The lowest BCUT2D eigenvalue weighted by molar-refractivity contribution is -0.167. The van der Waals surface area contributed by atoms with Crippen molar-refractivity contribution in [2.75, 3.05) is 13.2 Å². The van der Waals surface area contributed by atoms with Crippen LogP contribution in [-0.4, -0.2) is 37.2 Å². The second kappa shape index (κ2) is 47.4. The lowest BCUT2D eigenvalue weighted by Gasteiger charge is -2.18. The number of esters is 3. The van der Waals surface area contributed by atoms with Crippen LogP contribution < -0.4 is 0 Å². The molecular weight excluding hydrogens is 769 g/mol. The number of unbranched alkanes of at least 4 members (excludes halogenated alkanes) is 30. The quantitative estimate of drug-likeness (QED) is 0.0344. The van der Waals surface area contributed by atoms with Gasteiger partial charge in [-0.15, -0.1) is 0 Å². The molecule has 2 unspecified atom stereocenters. The fourth-order valence-corrected chi connectivity index (χ4v) is 8.40. The van der Waals surface area contributed by atoms with Gasteiger partial charge in [0.25, 0.3) is 0 Å². The van der Waals surface area contributed by atoms with E-state index >= 15 is 0 Å². The fourth-order valence-electron chi connectivity index (χ4n) is 8.40. The topological polar surface area (TPSA) is 78.9 Å². The molecule has 0 aliphatic rings. The van der Waals surface area contributed by atoms with Crippen molar-refractivity contribution in [2.45, 2.75) is 311 Å². The van der Waals surface area contributed by atoms with Gasteiger partial charge >= 0.3 is 17.9 Å². The number of ether oxygens (including phenoxy) is 3. The van der Waals surface area contributed by atoms with E-state index < -0.39 is 6.10 Å². The second-order valence-electron chi connectivity index (χ2n) is 20.2. The molecule has 0 aromatic heterocycles. The van der Waals surface area contributed by atoms with Crippen molar-refractivity contribution in [2.24, 2.45) is 17.8 Å². The van der Waals surface area contributed by atoms with E-state index in [-0.39, 0.29) is 31.1 Å². The Balaban J connectivity index is 4.31. The van der Waals surface area contributed by atoms with Gasteiger partial charge in [0, 0.05) is 19.3 Å². The first-order chi connectivity index (χ1) is 30.2. The molecule has 0 aromatic rings. The van der Waals surface area contributed by atoms with Crippen LogP contribution in [0.3, 0.4) is 0 Å². The summed E-state index contributed by atoms with van der Waals surface area (Å²) in [7, 11) is 0. The molecule has 0 N–H and O–H groups in total. The first-order valence-corrected chi connectivity index (χ1v) is 27.7. The predicted molar refractivity (Wildman–Crippen MR) is 266 cm³/mol. The molecule has 0 aliphatic carbocycles. The molecule has 0 heterocycles. The SMILES string of the molecule is CCC(C)CCCCCCCCCCCCC(=O)OC[C@H](COC(=O)CCCCCCCCCCC(C)CC)OC(=O)CCCCCCCCCCCCCCCCCC(C)C. The highest BCUT2D eigenvalue weighted by molar-refractivity contribution is 5.71. The zero-order valence-corrected chi connectivity index (χ0v) is 42.7. The van der Waals surface area contributed by atoms with Crippen molar-refractivity contribution >= 4 is 17.9 Å². The maximum absolute atomic E-state index is 12.8. The fraction of sp³-hybridized carbons (Fsp3) is 0.946. The summed E-state index contributed by atoms with van der Waals surface area (Å²) >= 11 is 0. The summed E-state index contributed by atoms with van der Waals surface area (Å²) in [6.07, 6.45) is 47.9. The zero-order chi connectivity index (χ0) is 45.6. The Morgan fingerprint density at radius 3 is 0.839 bits per heavy atom. The van der Waals surface area contributed by atoms with Crippen LogP contribution in [0.5, 0.6) is 0 Å². The number of rotatable bonds is 49. The maximum atomic E-state index is 12.8. The van der Waals surface area contributed by atoms with Crippen LogP contribution in [0.2, 0.25) is 0 Å². The van der Waals surface area contributed by atoms with E-state index in [4.69, 9.17) is 14.2 Å². The average Bonchev–Trinajstić information content (AvgIpc) is 3.26. The Kier molecular flexibility index (Phi) is 46.2. The third kappa shape index (κ3) is 46.4. The molecule has 0 spiro atoms. The van der Waals surface area contributed by atoms with Gasteiger partial charge in [-0.1, -0.05) is 266 Å². The normalized spacial score (nSPS) is 13.0. The molecule has 0 aliphatic heterocycles. The smallest absolute Gasteiger partial charge is 0.306 e. The largest absolute Gasteiger partial charge is 0.462 e. The van der Waals surface area contributed by atoms with Crippen LogP contribution in [-0.2, 0) is 28.6 Å². The molecule has 0 amide bonds. The predicted octanol–water partition coefficient (Wildman–Crippen LogP) is 17.9. The highest BCUT2D eigenvalue weighted by Crippen LogP contribution is 2.19. The third-order valence-corrected chi connectivity index (χ3v) is 13.4. The molecule has 0 radical (unpaired) electrons. The van der Waals surface area contributed by atoms with E-state index in [1.54, 1.807) is 0 Å². The van der Waals surface area contributed by atoms with Crippen molar-refractivity contribution in [3.05, 3.63) is 0 Å². The molecule has 0 rings (SSSR count). The summed E-state index contributed by atoms with van der Waals surface area (Å²) in [5.41, 5.74) is 0. The molecule has 0 saturated heterocycles. The van der Waals surface area contributed by atoms with Crippen molar-refractivity contribution in [3.8, 4) is 0 Å². The standard InChI is InChI=1S/C56H108O6/c1-7-51(5)43-37-31-25-19-16-17-20-27-33-39-45-54(57)60-48-53(49-61-55(58)46-40-34-28-23-22-26-32-38-44-52(6)8-2)62-56(59)47-41-35-29-21-15-13-11-9-10-12-14-18-24-30-36-42-50(3)4/h50-53H,7-49H2,1-6H3/t51?,52?,53-/m1/s1. The summed E-state index contributed by atoms with van der Waals surface area (Å²) in [6, 6.07) is 0. The van der Waals surface area contributed by atoms with Gasteiger partial charge < -0.3 is 14.2 Å². The van der Waals surface area contributed by atoms with E-state index in [0.29, 0.717) is 19.3 Å². The van der Waals surface area contributed by atoms with Crippen molar-refractivity contribution < 1.29 is 28.6 Å². The Labute approximate surface area is 387 Å². The van der Waals surface area contributed by atoms with Gasteiger partial charge in [-0.05, 0) is 37.0 Å². The highest BCUT2D eigenvalue weighted by atomic mass is 16.6. The number of hydrogen-bond acceptors (Lipinski definition) is 6. The molecule has 62 heavy (non-hydrogen) atoms. The summed E-state index contributed by atoms with van der Waals surface area (Å²) in [4.78, 5) is 38.0. The number of hydrogen-bond donors (Lipinski definition) is 0. The van der Waals surface area contributed by atoms with Gasteiger partial charge in [-0.2, -0.15) is 0 Å². The number of carbonyl (C=O) groups excluding carboxylic acids is 3. The molecule has 0 fully saturated rings. The molecule has 0 saturated carbocycles. The number of carbonyl (C=O) groups is 3. The molecule has 368 valence electrons. The highest BCUT2D eigenvalue weighted by Gasteiger charge is 2.19. The van der Waals surface area contributed by atoms with Crippen LogP contribution in [0.1, 0.15) is 305 Å². The minimum Gasteiger partial charge on any atom is -0.462 e. The molecular formula is C56H108O6. The molecule has 6 nitrogen and oxygen atoms in total. The van der Waals surface area contributed by atoms with Crippen LogP contribution in [0, 0.1) is 17.8 Å². The van der Waals surface area contributed by atoms with Gasteiger partial charge in [0.15, 0.2) is 6.10 Å². The second-order valence-corrected chi connectivity index (χ2v) is 20.2. The van der Waals surface area contributed by atoms with Crippen LogP contribution in [0.25, 0.3) is 0 Å².